The number of carboxylic acids is 1. The predicted octanol–water partition coefficient (Wildman–Crippen LogP) is 0.572. The minimum Gasteiger partial charge on any atom is -0.480 e. The molecule has 0 radical (unpaired) electrons. The molecule has 1 saturated heterocycles. The van der Waals surface area contributed by atoms with E-state index in [1.54, 1.807) is 17.1 Å². The van der Waals surface area contributed by atoms with Gasteiger partial charge in [0.2, 0.25) is 0 Å². The molecule has 19 heavy (non-hydrogen) atoms. The van der Waals surface area contributed by atoms with E-state index in [0.29, 0.717) is 6.04 Å². The zero-order valence-corrected chi connectivity index (χ0v) is 11.8. The number of hydrogen-bond acceptors (Lipinski definition) is 4. The fourth-order valence-electron chi connectivity index (χ4n) is 2.61. The number of piperazine rings is 1. The SMILES string of the molecule is CC(C)N1CCN(C(C(=O)O)c2cncn2C)CC1. The van der Waals surface area contributed by atoms with Gasteiger partial charge in [-0.25, -0.2) is 4.98 Å². The van der Waals surface area contributed by atoms with Crippen molar-refractivity contribution in [3.63, 3.8) is 0 Å². The van der Waals surface area contributed by atoms with Crippen LogP contribution >= 0.6 is 0 Å². The van der Waals surface area contributed by atoms with Crippen molar-refractivity contribution in [1.82, 2.24) is 19.4 Å². The fourth-order valence-corrected chi connectivity index (χ4v) is 2.61. The molecule has 1 aromatic rings. The molecule has 0 bridgehead atoms. The molecule has 1 aliphatic heterocycles. The molecule has 0 aromatic carbocycles. The maximum absolute atomic E-state index is 11.6. The Hall–Kier alpha value is -1.40. The summed E-state index contributed by atoms with van der Waals surface area (Å²) in [5.41, 5.74) is 0.741. The van der Waals surface area contributed by atoms with Gasteiger partial charge in [-0.2, -0.15) is 0 Å². The molecule has 6 nitrogen and oxygen atoms in total. The molecular formula is C13H22N4O2. The lowest BCUT2D eigenvalue weighted by Crippen LogP contribution is -2.51. The van der Waals surface area contributed by atoms with Crippen molar-refractivity contribution in [2.75, 3.05) is 26.2 Å². The van der Waals surface area contributed by atoms with Crippen LogP contribution in [0.4, 0.5) is 0 Å². The largest absolute Gasteiger partial charge is 0.480 e. The second-order valence-electron chi connectivity index (χ2n) is 5.34. The van der Waals surface area contributed by atoms with Crippen LogP contribution in [0.5, 0.6) is 0 Å². The second kappa shape index (κ2) is 5.71. The molecule has 1 aromatic heterocycles. The van der Waals surface area contributed by atoms with Crippen molar-refractivity contribution in [3.05, 3.63) is 18.2 Å². The average molecular weight is 266 g/mol. The number of aryl methyl sites for hydroxylation is 1. The zero-order chi connectivity index (χ0) is 14.0. The Kier molecular flexibility index (Phi) is 4.21. The first-order valence-electron chi connectivity index (χ1n) is 6.68. The van der Waals surface area contributed by atoms with E-state index in [1.165, 1.54) is 0 Å². The van der Waals surface area contributed by atoms with Crippen LogP contribution in [-0.4, -0.2) is 62.6 Å². The Labute approximate surface area is 113 Å². The van der Waals surface area contributed by atoms with Gasteiger partial charge in [0.25, 0.3) is 0 Å². The normalized spacial score (nSPS) is 19.8. The highest BCUT2D eigenvalue weighted by atomic mass is 16.4. The van der Waals surface area contributed by atoms with Crippen molar-refractivity contribution in [3.8, 4) is 0 Å². The summed E-state index contributed by atoms with van der Waals surface area (Å²) >= 11 is 0. The summed E-state index contributed by atoms with van der Waals surface area (Å²) in [6, 6.07) is -0.0797. The Morgan fingerprint density at radius 2 is 1.84 bits per heavy atom. The van der Waals surface area contributed by atoms with E-state index in [2.05, 4.69) is 23.7 Å². The number of carboxylic acid groups (broad SMARTS) is 1. The van der Waals surface area contributed by atoms with Crippen molar-refractivity contribution in [1.29, 1.82) is 0 Å². The van der Waals surface area contributed by atoms with Gasteiger partial charge < -0.3 is 9.67 Å². The van der Waals surface area contributed by atoms with E-state index < -0.39 is 12.0 Å². The molecule has 0 amide bonds. The van der Waals surface area contributed by atoms with Crippen molar-refractivity contribution in [2.24, 2.45) is 7.05 Å². The van der Waals surface area contributed by atoms with E-state index in [-0.39, 0.29) is 0 Å². The number of imidazole rings is 1. The molecule has 1 unspecified atom stereocenters. The minimum absolute atomic E-state index is 0.516. The first-order chi connectivity index (χ1) is 9.00. The lowest BCUT2D eigenvalue weighted by molar-refractivity contribution is -0.144. The molecule has 2 heterocycles. The summed E-state index contributed by atoms with van der Waals surface area (Å²) in [7, 11) is 1.84. The second-order valence-corrected chi connectivity index (χ2v) is 5.34. The molecule has 1 aliphatic rings. The third kappa shape index (κ3) is 2.96. The van der Waals surface area contributed by atoms with Gasteiger partial charge in [-0.15, -0.1) is 0 Å². The number of hydrogen-bond donors (Lipinski definition) is 1. The van der Waals surface area contributed by atoms with Crippen LogP contribution in [0.3, 0.4) is 0 Å². The van der Waals surface area contributed by atoms with Gasteiger partial charge in [-0.05, 0) is 13.8 Å². The van der Waals surface area contributed by atoms with Crippen LogP contribution in [0.15, 0.2) is 12.5 Å². The highest BCUT2D eigenvalue weighted by Crippen LogP contribution is 2.22. The Bertz CT molecular complexity index is 436. The topological polar surface area (TPSA) is 61.6 Å². The van der Waals surface area contributed by atoms with Gasteiger partial charge >= 0.3 is 5.97 Å². The van der Waals surface area contributed by atoms with Gasteiger partial charge in [-0.3, -0.25) is 14.6 Å². The summed E-state index contributed by atoms with van der Waals surface area (Å²) in [5.74, 6) is -0.804. The van der Waals surface area contributed by atoms with Crippen LogP contribution < -0.4 is 0 Å². The lowest BCUT2D eigenvalue weighted by Gasteiger charge is -2.39. The average Bonchev–Trinajstić information content (AvgIpc) is 2.76. The molecule has 106 valence electrons. The molecule has 0 aliphatic carbocycles. The van der Waals surface area contributed by atoms with Crippen molar-refractivity contribution >= 4 is 5.97 Å². The van der Waals surface area contributed by atoms with Gasteiger partial charge in [0, 0.05) is 39.3 Å². The summed E-state index contributed by atoms with van der Waals surface area (Å²) in [6.07, 6.45) is 3.29. The Morgan fingerprint density at radius 1 is 1.26 bits per heavy atom. The monoisotopic (exact) mass is 266 g/mol. The van der Waals surface area contributed by atoms with E-state index in [1.807, 2.05) is 11.9 Å². The number of aliphatic carboxylic acids is 1. The zero-order valence-electron chi connectivity index (χ0n) is 11.8. The maximum Gasteiger partial charge on any atom is 0.327 e. The summed E-state index contributed by atoms with van der Waals surface area (Å²) in [6.45, 7) is 7.73. The van der Waals surface area contributed by atoms with E-state index in [9.17, 15) is 9.90 Å². The standard InChI is InChI=1S/C13H22N4O2/c1-10(2)16-4-6-17(7-5-16)12(13(18)19)11-8-14-9-15(11)3/h8-10,12H,4-7H2,1-3H3,(H,18,19). The molecule has 1 atom stereocenters. The third-order valence-corrected chi connectivity index (χ3v) is 3.81. The molecule has 1 fully saturated rings. The molecular weight excluding hydrogens is 244 g/mol. The van der Waals surface area contributed by atoms with E-state index >= 15 is 0 Å². The fraction of sp³-hybridized carbons (Fsp3) is 0.692. The summed E-state index contributed by atoms with van der Waals surface area (Å²) in [4.78, 5) is 20.0. The van der Waals surface area contributed by atoms with Crippen LogP contribution in [0.25, 0.3) is 0 Å². The molecule has 0 saturated carbocycles. The Morgan fingerprint density at radius 3 is 2.26 bits per heavy atom. The van der Waals surface area contributed by atoms with Crippen LogP contribution in [0.1, 0.15) is 25.6 Å². The van der Waals surface area contributed by atoms with Gasteiger partial charge in [0.05, 0.1) is 18.2 Å². The molecule has 2 rings (SSSR count). The highest BCUT2D eigenvalue weighted by molar-refractivity contribution is 5.74. The number of carbonyl (C=O) groups is 1. The van der Waals surface area contributed by atoms with Crippen LogP contribution in [0.2, 0.25) is 0 Å². The highest BCUT2D eigenvalue weighted by Gasteiger charge is 2.32. The van der Waals surface area contributed by atoms with Crippen molar-refractivity contribution < 1.29 is 9.90 Å². The lowest BCUT2D eigenvalue weighted by atomic mass is 10.1. The molecule has 6 heteroatoms. The first kappa shape index (κ1) is 14.0. The van der Waals surface area contributed by atoms with Gasteiger partial charge in [-0.1, -0.05) is 0 Å². The van der Waals surface area contributed by atoms with Crippen LogP contribution in [-0.2, 0) is 11.8 Å². The smallest absolute Gasteiger partial charge is 0.327 e. The predicted molar refractivity (Wildman–Crippen MR) is 71.9 cm³/mol. The number of rotatable bonds is 4. The van der Waals surface area contributed by atoms with E-state index in [0.717, 1.165) is 31.9 Å². The summed E-state index contributed by atoms with van der Waals surface area (Å²) < 4.78 is 1.79. The Balaban J connectivity index is 2.10. The molecule has 1 N–H and O–H groups in total. The first-order valence-corrected chi connectivity index (χ1v) is 6.68. The minimum atomic E-state index is -0.804. The maximum atomic E-state index is 11.6. The third-order valence-electron chi connectivity index (χ3n) is 3.81. The quantitative estimate of drug-likeness (QED) is 0.863. The van der Waals surface area contributed by atoms with E-state index in [4.69, 9.17) is 0 Å². The molecule has 0 spiro atoms. The van der Waals surface area contributed by atoms with Gasteiger partial charge in [0.15, 0.2) is 6.04 Å². The number of aromatic nitrogens is 2. The number of nitrogens with zero attached hydrogens (tertiary/aromatic N) is 4. The van der Waals surface area contributed by atoms with Gasteiger partial charge in [0.1, 0.15) is 0 Å². The summed E-state index contributed by atoms with van der Waals surface area (Å²) in [5, 5.41) is 9.50. The van der Waals surface area contributed by atoms with Crippen LogP contribution in [0, 0.1) is 0 Å². The van der Waals surface area contributed by atoms with Crippen molar-refractivity contribution in [2.45, 2.75) is 25.9 Å².